The maximum Gasteiger partial charge on any atom is 0.408 e. The molecule has 5 rings (SSSR count). The molecule has 55 heavy (non-hydrogen) atoms. The van der Waals surface area contributed by atoms with Crippen LogP contribution in [0.1, 0.15) is 59.7 Å². The van der Waals surface area contributed by atoms with E-state index in [1.807, 2.05) is 48.5 Å². The van der Waals surface area contributed by atoms with Crippen LogP contribution in [0.5, 0.6) is 11.5 Å². The Morgan fingerprint density at radius 1 is 1.00 bits per heavy atom. The van der Waals surface area contributed by atoms with Crippen molar-refractivity contribution >= 4 is 28.3 Å². The number of aliphatic carboxylic acids is 1. The van der Waals surface area contributed by atoms with E-state index in [0.717, 1.165) is 44.0 Å². The quantitative estimate of drug-likeness (QED) is 0.131. The normalized spacial score (nSPS) is 14.8. The second-order valence-electron chi connectivity index (χ2n) is 13.7. The Balaban J connectivity index is 0.000000287. The van der Waals surface area contributed by atoms with Gasteiger partial charge in [-0.1, -0.05) is 49.4 Å². The number of hydrogen-bond acceptors (Lipinski definition) is 6. The monoisotopic (exact) mass is 775 g/mol. The minimum atomic E-state index is -4.42. The zero-order valence-electron chi connectivity index (χ0n) is 31.5. The van der Waals surface area contributed by atoms with E-state index in [1.54, 1.807) is 14.2 Å². The van der Waals surface area contributed by atoms with Crippen molar-refractivity contribution in [1.82, 2.24) is 4.90 Å². The summed E-state index contributed by atoms with van der Waals surface area (Å²) >= 11 is 0. The summed E-state index contributed by atoms with van der Waals surface area (Å²) < 4.78 is 91.4. The summed E-state index contributed by atoms with van der Waals surface area (Å²) in [4.78, 5) is 25.3. The molecule has 0 unspecified atom stereocenters. The van der Waals surface area contributed by atoms with Gasteiger partial charge in [0.2, 0.25) is 0 Å². The highest BCUT2D eigenvalue weighted by Gasteiger charge is 2.41. The number of anilines is 1. The molecule has 0 aromatic heterocycles. The van der Waals surface area contributed by atoms with Crippen LogP contribution in [0.4, 0.5) is 32.0 Å². The fraction of sp³-hybridized carbons (Fsp3) is 0.415. The number of nitrogens with two attached hydrogens (primary N) is 1. The highest BCUT2D eigenvalue weighted by Crippen LogP contribution is 2.45. The van der Waals surface area contributed by atoms with Gasteiger partial charge in [0.15, 0.2) is 0 Å². The molecule has 1 atom stereocenters. The highest BCUT2D eigenvalue weighted by atomic mass is 19.4. The number of carboxylic acids is 1. The average molecular weight is 776 g/mol. The first-order valence-electron chi connectivity index (χ1n) is 17.8. The van der Waals surface area contributed by atoms with Gasteiger partial charge in [-0.2, -0.15) is 13.2 Å². The molecule has 0 spiro atoms. The van der Waals surface area contributed by atoms with Crippen molar-refractivity contribution in [3.05, 3.63) is 88.7 Å². The summed E-state index contributed by atoms with van der Waals surface area (Å²) in [6.07, 6.45) is -3.73. The van der Waals surface area contributed by atoms with E-state index in [4.69, 9.17) is 20.3 Å². The molecule has 0 saturated carbocycles. The number of carbonyl (C=O) groups excluding carboxylic acids is 1. The number of rotatable bonds is 13. The average Bonchev–Trinajstić information content (AvgIpc) is 3.14. The van der Waals surface area contributed by atoms with Crippen molar-refractivity contribution in [2.24, 2.45) is 5.73 Å². The number of fused-ring (bicyclic) bond motifs is 1. The summed E-state index contributed by atoms with van der Waals surface area (Å²) in [5.74, 6) is -1.36. The maximum absolute atomic E-state index is 14.3. The number of aryl methyl sites for hydroxylation is 2. The first-order chi connectivity index (χ1) is 26.0. The number of alkyl halides is 5. The summed E-state index contributed by atoms with van der Waals surface area (Å²) in [6.45, 7) is 3.40. The van der Waals surface area contributed by atoms with Crippen LogP contribution in [0.25, 0.3) is 21.9 Å². The van der Waals surface area contributed by atoms with Crippen molar-refractivity contribution in [3.63, 3.8) is 0 Å². The zero-order valence-corrected chi connectivity index (χ0v) is 31.5. The molecular weight excluding hydrogens is 728 g/mol. The Morgan fingerprint density at radius 2 is 1.65 bits per heavy atom. The molecule has 8 nitrogen and oxygen atoms in total. The Hall–Kier alpha value is -4.98. The SMILES string of the molecule is CC[C@@H](N(C)c1cc(C)c(C(N)=O)c(F)c1)C(F)(F)F.COc1ccc(CN2CCC(F)(CF)CC2)c(OC)c1-c1cccc2c(CCC(=O)O)cccc12. The predicted molar refractivity (Wildman–Crippen MR) is 201 cm³/mol. The number of likely N-dealkylation sites (tertiary alicyclic amines) is 1. The smallest absolute Gasteiger partial charge is 0.408 e. The van der Waals surface area contributed by atoms with Crippen LogP contribution in [-0.4, -0.2) is 80.8 Å². The zero-order chi connectivity index (χ0) is 40.7. The fourth-order valence-electron chi connectivity index (χ4n) is 7.08. The van der Waals surface area contributed by atoms with Gasteiger partial charge in [0.25, 0.3) is 5.91 Å². The van der Waals surface area contributed by atoms with Gasteiger partial charge in [0.05, 0.1) is 25.3 Å². The fourth-order valence-corrected chi connectivity index (χ4v) is 7.08. The van der Waals surface area contributed by atoms with Crippen molar-refractivity contribution in [2.75, 3.05) is 45.9 Å². The van der Waals surface area contributed by atoms with Crippen LogP contribution >= 0.6 is 0 Å². The number of carbonyl (C=O) groups is 2. The Bertz CT molecular complexity index is 1960. The Labute approximate surface area is 316 Å². The van der Waals surface area contributed by atoms with E-state index in [1.165, 1.54) is 27.0 Å². The predicted octanol–water partition coefficient (Wildman–Crippen LogP) is 8.82. The molecule has 0 radical (unpaired) electrons. The van der Waals surface area contributed by atoms with Gasteiger partial charge in [-0.25, -0.2) is 13.2 Å². The summed E-state index contributed by atoms with van der Waals surface area (Å²) in [5, 5.41) is 11.1. The van der Waals surface area contributed by atoms with Crippen LogP contribution in [0.3, 0.4) is 0 Å². The van der Waals surface area contributed by atoms with Gasteiger partial charge in [-0.05, 0) is 78.3 Å². The minimum Gasteiger partial charge on any atom is -0.496 e. The van der Waals surface area contributed by atoms with Crippen molar-refractivity contribution < 1.29 is 50.5 Å². The molecule has 1 amide bonds. The van der Waals surface area contributed by atoms with Gasteiger partial charge in [0, 0.05) is 44.4 Å². The first-order valence-corrected chi connectivity index (χ1v) is 17.8. The summed E-state index contributed by atoms with van der Waals surface area (Å²) in [5.41, 5.74) is 6.91. The van der Waals surface area contributed by atoms with Crippen molar-refractivity contribution in [1.29, 1.82) is 0 Å². The largest absolute Gasteiger partial charge is 0.496 e. The van der Waals surface area contributed by atoms with E-state index in [0.29, 0.717) is 37.6 Å². The molecule has 1 saturated heterocycles. The van der Waals surface area contributed by atoms with Gasteiger partial charge in [0.1, 0.15) is 35.7 Å². The molecule has 4 aromatic carbocycles. The van der Waals surface area contributed by atoms with E-state index in [-0.39, 0.29) is 42.5 Å². The molecule has 1 aliphatic rings. The van der Waals surface area contributed by atoms with Crippen molar-refractivity contribution in [2.45, 2.75) is 70.4 Å². The summed E-state index contributed by atoms with van der Waals surface area (Å²) in [7, 11) is 4.47. The van der Waals surface area contributed by atoms with Crippen LogP contribution in [0.15, 0.2) is 60.7 Å². The first kappa shape index (κ1) is 42.8. The molecular formula is C41H47F6N3O5. The van der Waals surface area contributed by atoms with Gasteiger partial charge >= 0.3 is 12.1 Å². The van der Waals surface area contributed by atoms with E-state index in [2.05, 4.69) is 4.90 Å². The molecule has 4 aromatic rings. The van der Waals surface area contributed by atoms with Crippen LogP contribution in [-0.2, 0) is 17.8 Å². The van der Waals surface area contributed by atoms with Crippen LogP contribution in [0.2, 0.25) is 0 Å². The minimum absolute atomic E-state index is 0.0502. The molecule has 1 fully saturated rings. The Kier molecular flexibility index (Phi) is 14.1. The Morgan fingerprint density at radius 3 is 2.20 bits per heavy atom. The highest BCUT2D eigenvalue weighted by molar-refractivity contribution is 6.01. The van der Waals surface area contributed by atoms with Gasteiger partial charge in [-0.15, -0.1) is 0 Å². The number of amides is 1. The molecule has 14 heteroatoms. The number of primary amides is 1. The lowest BCUT2D eigenvalue weighted by molar-refractivity contribution is -0.148. The van der Waals surface area contributed by atoms with E-state index >= 15 is 0 Å². The number of nitrogens with zero attached hydrogens (tertiary/aromatic N) is 2. The molecule has 0 bridgehead atoms. The molecule has 1 heterocycles. The van der Waals surface area contributed by atoms with Crippen LogP contribution < -0.4 is 20.1 Å². The van der Waals surface area contributed by atoms with E-state index < -0.39 is 42.3 Å². The second kappa shape index (κ2) is 18.1. The topological polar surface area (TPSA) is 105 Å². The lowest BCUT2D eigenvalue weighted by atomic mass is 9.91. The van der Waals surface area contributed by atoms with Gasteiger partial charge < -0.3 is 25.2 Å². The lowest BCUT2D eigenvalue weighted by Gasteiger charge is -2.35. The van der Waals surface area contributed by atoms with Crippen LogP contribution in [0, 0.1) is 12.7 Å². The molecule has 1 aliphatic heterocycles. The lowest BCUT2D eigenvalue weighted by Crippen LogP contribution is -2.43. The van der Waals surface area contributed by atoms with Crippen molar-refractivity contribution in [3.8, 4) is 22.6 Å². The number of piperidine rings is 1. The third kappa shape index (κ3) is 10.0. The number of benzene rings is 4. The number of halogens is 6. The number of ether oxygens (including phenoxy) is 2. The molecule has 3 N–H and O–H groups in total. The molecule has 298 valence electrons. The number of hydrogen-bond donors (Lipinski definition) is 2. The number of methoxy groups -OCH3 is 2. The number of carboxylic acid groups (broad SMARTS) is 1. The third-order valence-corrected chi connectivity index (χ3v) is 10.1. The molecule has 0 aliphatic carbocycles. The van der Waals surface area contributed by atoms with E-state index in [9.17, 15) is 35.9 Å². The third-order valence-electron chi connectivity index (χ3n) is 10.1. The second-order valence-corrected chi connectivity index (χ2v) is 13.7. The van der Waals surface area contributed by atoms with Gasteiger partial charge in [-0.3, -0.25) is 14.5 Å². The maximum atomic E-state index is 14.3. The summed E-state index contributed by atoms with van der Waals surface area (Å²) in [6, 6.07) is 16.2. The standard InChI is InChI=1S/C28H31F2NO4.C13H16F4N2O/c1-34-24-11-9-20(17-31-15-13-28(30,18-29)14-16-31)27(35-2)26(24)23-8-4-6-21-19(10-12-25(32)33)5-3-7-22(21)23;1-4-10(13(15,16)17)19(3)8-5-7(2)11(12(18)20)9(14)6-8/h3-9,11H,10,12-18H2,1-2H3,(H,32,33);5-6,10H,4H2,1-3H3,(H2,18,20)/t;10-/m.1/s1.